The Bertz CT molecular complexity index is 380. The smallest absolute Gasteiger partial charge is 0.268 e. The molecule has 7 heteroatoms. The van der Waals surface area contributed by atoms with E-state index in [9.17, 15) is 4.79 Å². The monoisotopic (exact) mass is 260 g/mol. The molecule has 1 heterocycles. The third kappa shape index (κ3) is 4.04. The summed E-state index contributed by atoms with van der Waals surface area (Å²) in [7, 11) is 0. The van der Waals surface area contributed by atoms with Crippen LogP contribution in [0.4, 0.5) is 0 Å². The standard InChI is InChI=1S/C10H16N2O4S/c1-6-9(10(15)12-11)2-8(16-6)5-17-4-7(14)3-13/h2,7,13-14H,3-5,11H2,1H3,(H,12,15). The summed E-state index contributed by atoms with van der Waals surface area (Å²) < 4.78 is 5.37. The highest BCUT2D eigenvalue weighted by Crippen LogP contribution is 2.19. The fourth-order valence-electron chi connectivity index (χ4n) is 1.27. The molecule has 0 aliphatic heterocycles. The van der Waals surface area contributed by atoms with E-state index < -0.39 is 12.0 Å². The first kappa shape index (κ1) is 14.0. The molecule has 1 aromatic heterocycles. The molecule has 17 heavy (non-hydrogen) atoms. The number of aryl methyl sites for hydroxylation is 1. The van der Waals surface area contributed by atoms with Gasteiger partial charge in [-0.3, -0.25) is 10.2 Å². The number of hydrogen-bond donors (Lipinski definition) is 4. The summed E-state index contributed by atoms with van der Waals surface area (Å²) in [6.07, 6.45) is -0.733. The molecule has 0 spiro atoms. The maximum Gasteiger partial charge on any atom is 0.268 e. The lowest BCUT2D eigenvalue weighted by atomic mass is 10.2. The van der Waals surface area contributed by atoms with E-state index in [0.29, 0.717) is 28.6 Å². The first-order valence-corrected chi connectivity index (χ1v) is 6.20. The van der Waals surface area contributed by atoms with E-state index in [-0.39, 0.29) is 6.61 Å². The van der Waals surface area contributed by atoms with Crippen molar-refractivity contribution in [1.82, 2.24) is 5.43 Å². The Labute approximate surface area is 103 Å². The second kappa shape index (κ2) is 6.65. The SMILES string of the molecule is Cc1oc(CSCC(O)CO)cc1C(=O)NN. The minimum Gasteiger partial charge on any atom is -0.465 e. The molecular weight excluding hydrogens is 244 g/mol. The van der Waals surface area contributed by atoms with E-state index in [4.69, 9.17) is 20.5 Å². The summed E-state index contributed by atoms with van der Waals surface area (Å²) in [5, 5.41) is 17.8. The first-order chi connectivity index (χ1) is 8.08. The van der Waals surface area contributed by atoms with Crippen molar-refractivity contribution >= 4 is 17.7 Å². The fraction of sp³-hybridized carbons (Fsp3) is 0.500. The number of nitrogens with two attached hydrogens (primary N) is 1. The maximum atomic E-state index is 11.3. The third-order valence-electron chi connectivity index (χ3n) is 2.11. The van der Waals surface area contributed by atoms with Crippen LogP contribution < -0.4 is 11.3 Å². The number of amides is 1. The predicted molar refractivity (Wildman–Crippen MR) is 64.4 cm³/mol. The third-order valence-corrected chi connectivity index (χ3v) is 3.22. The average Bonchev–Trinajstić information content (AvgIpc) is 2.69. The van der Waals surface area contributed by atoms with Gasteiger partial charge < -0.3 is 14.6 Å². The molecule has 0 saturated carbocycles. The van der Waals surface area contributed by atoms with Gasteiger partial charge in [0.25, 0.3) is 5.91 Å². The van der Waals surface area contributed by atoms with Crippen LogP contribution in [-0.4, -0.2) is 34.6 Å². The largest absolute Gasteiger partial charge is 0.465 e. The van der Waals surface area contributed by atoms with Gasteiger partial charge in [0.15, 0.2) is 0 Å². The van der Waals surface area contributed by atoms with E-state index in [1.807, 2.05) is 5.43 Å². The molecule has 1 atom stereocenters. The molecule has 0 fully saturated rings. The fourth-order valence-corrected chi connectivity index (χ4v) is 2.11. The van der Waals surface area contributed by atoms with Crippen LogP contribution in [0.5, 0.6) is 0 Å². The molecule has 0 aromatic carbocycles. The number of carbonyl (C=O) groups excluding carboxylic acids is 1. The molecule has 1 amide bonds. The lowest BCUT2D eigenvalue weighted by molar-refractivity contribution is 0.0952. The molecule has 6 nitrogen and oxygen atoms in total. The first-order valence-electron chi connectivity index (χ1n) is 5.05. The Morgan fingerprint density at radius 2 is 2.41 bits per heavy atom. The minimum absolute atomic E-state index is 0.259. The van der Waals surface area contributed by atoms with Gasteiger partial charge in [0.05, 0.1) is 24.0 Å². The van der Waals surface area contributed by atoms with Crippen LogP contribution in [0.2, 0.25) is 0 Å². The summed E-state index contributed by atoms with van der Waals surface area (Å²) in [6, 6.07) is 1.62. The van der Waals surface area contributed by atoms with Crippen molar-refractivity contribution in [2.75, 3.05) is 12.4 Å². The van der Waals surface area contributed by atoms with Crippen molar-refractivity contribution in [1.29, 1.82) is 0 Å². The maximum absolute atomic E-state index is 11.3. The Hall–Kier alpha value is -1.02. The Balaban J connectivity index is 2.53. The van der Waals surface area contributed by atoms with E-state index in [1.165, 1.54) is 11.8 Å². The topological polar surface area (TPSA) is 109 Å². The molecule has 5 N–H and O–H groups in total. The summed E-state index contributed by atoms with van der Waals surface area (Å²) in [5.74, 6) is 6.72. The zero-order chi connectivity index (χ0) is 12.8. The average molecular weight is 260 g/mol. The summed E-state index contributed by atoms with van der Waals surface area (Å²) >= 11 is 1.41. The predicted octanol–water partition coefficient (Wildman–Crippen LogP) is -0.222. The van der Waals surface area contributed by atoms with Crippen LogP contribution in [0.15, 0.2) is 10.5 Å². The van der Waals surface area contributed by atoms with Gasteiger partial charge in [-0.05, 0) is 13.0 Å². The zero-order valence-corrected chi connectivity index (χ0v) is 10.3. The van der Waals surface area contributed by atoms with Gasteiger partial charge in [0.1, 0.15) is 11.5 Å². The van der Waals surface area contributed by atoms with Crippen molar-refractivity contribution in [2.24, 2.45) is 5.84 Å². The summed E-state index contributed by atoms with van der Waals surface area (Å²) in [4.78, 5) is 11.3. The number of aliphatic hydroxyl groups is 2. The van der Waals surface area contributed by atoms with Gasteiger partial charge in [0.2, 0.25) is 0 Å². The molecule has 0 aliphatic rings. The van der Waals surface area contributed by atoms with E-state index in [0.717, 1.165) is 0 Å². The number of thioether (sulfide) groups is 1. The molecule has 1 aromatic rings. The van der Waals surface area contributed by atoms with E-state index >= 15 is 0 Å². The number of hydrazine groups is 1. The molecule has 0 bridgehead atoms. The lowest BCUT2D eigenvalue weighted by Gasteiger charge is -2.04. The summed E-state index contributed by atoms with van der Waals surface area (Å²) in [6.45, 7) is 1.42. The Kier molecular flexibility index (Phi) is 5.49. The number of aliphatic hydroxyl groups excluding tert-OH is 2. The number of nitrogen functional groups attached to an aromatic ring is 1. The van der Waals surface area contributed by atoms with Crippen LogP contribution >= 0.6 is 11.8 Å². The second-order valence-corrected chi connectivity index (χ2v) is 4.54. The molecule has 0 radical (unpaired) electrons. The molecule has 1 unspecified atom stereocenters. The number of furan rings is 1. The molecular formula is C10H16N2O4S. The van der Waals surface area contributed by atoms with Crippen LogP contribution in [0, 0.1) is 6.92 Å². The molecule has 96 valence electrons. The van der Waals surface area contributed by atoms with Gasteiger partial charge in [-0.15, -0.1) is 0 Å². The van der Waals surface area contributed by atoms with Crippen molar-refractivity contribution < 1.29 is 19.4 Å². The second-order valence-electron chi connectivity index (χ2n) is 3.51. The molecule has 0 saturated heterocycles. The van der Waals surface area contributed by atoms with E-state index in [2.05, 4.69) is 0 Å². The van der Waals surface area contributed by atoms with Crippen LogP contribution in [-0.2, 0) is 5.75 Å². The van der Waals surface area contributed by atoms with Gasteiger partial charge >= 0.3 is 0 Å². The number of rotatable bonds is 6. The quantitative estimate of drug-likeness (QED) is 0.320. The normalized spacial score (nSPS) is 12.5. The Morgan fingerprint density at radius 3 is 3.00 bits per heavy atom. The van der Waals surface area contributed by atoms with Gasteiger partial charge in [-0.1, -0.05) is 0 Å². The van der Waals surface area contributed by atoms with Crippen LogP contribution in [0.25, 0.3) is 0 Å². The highest BCUT2D eigenvalue weighted by atomic mass is 32.2. The van der Waals surface area contributed by atoms with Crippen molar-refractivity contribution in [3.05, 3.63) is 23.2 Å². The van der Waals surface area contributed by atoms with Gasteiger partial charge in [-0.25, -0.2) is 5.84 Å². The van der Waals surface area contributed by atoms with Crippen molar-refractivity contribution in [2.45, 2.75) is 18.8 Å². The zero-order valence-electron chi connectivity index (χ0n) is 9.47. The van der Waals surface area contributed by atoms with E-state index in [1.54, 1.807) is 13.0 Å². The Morgan fingerprint density at radius 1 is 1.71 bits per heavy atom. The number of nitrogens with one attached hydrogen (secondary N) is 1. The summed E-state index contributed by atoms with van der Waals surface area (Å²) in [5.41, 5.74) is 2.45. The highest BCUT2D eigenvalue weighted by molar-refractivity contribution is 7.98. The number of hydrogen-bond acceptors (Lipinski definition) is 6. The van der Waals surface area contributed by atoms with Crippen molar-refractivity contribution in [3.63, 3.8) is 0 Å². The minimum atomic E-state index is -0.733. The van der Waals surface area contributed by atoms with Crippen molar-refractivity contribution in [3.8, 4) is 0 Å². The van der Waals surface area contributed by atoms with Crippen LogP contribution in [0.1, 0.15) is 21.9 Å². The van der Waals surface area contributed by atoms with Gasteiger partial charge in [0, 0.05) is 5.75 Å². The molecule has 1 rings (SSSR count). The number of carbonyl (C=O) groups is 1. The molecule has 0 aliphatic carbocycles. The van der Waals surface area contributed by atoms with Gasteiger partial charge in [-0.2, -0.15) is 11.8 Å². The highest BCUT2D eigenvalue weighted by Gasteiger charge is 2.14. The van der Waals surface area contributed by atoms with Crippen LogP contribution in [0.3, 0.4) is 0 Å². The lowest BCUT2D eigenvalue weighted by Crippen LogP contribution is -2.30.